The Balaban J connectivity index is 1.79. The highest BCUT2D eigenvalue weighted by atomic mass is 16.5. The number of benzene rings is 1. The highest BCUT2D eigenvalue weighted by molar-refractivity contribution is 6.03. The van der Waals surface area contributed by atoms with E-state index in [2.05, 4.69) is 10.3 Å². The second-order valence-corrected chi connectivity index (χ2v) is 5.26. The van der Waals surface area contributed by atoms with Crippen molar-refractivity contribution in [2.24, 2.45) is 0 Å². The van der Waals surface area contributed by atoms with Gasteiger partial charge in [0.25, 0.3) is 0 Å². The quantitative estimate of drug-likeness (QED) is 0.942. The van der Waals surface area contributed by atoms with E-state index in [0.717, 1.165) is 5.56 Å². The first-order valence-electron chi connectivity index (χ1n) is 7.39. The van der Waals surface area contributed by atoms with Crippen molar-refractivity contribution in [2.45, 2.75) is 13.3 Å². The predicted octanol–water partition coefficient (Wildman–Crippen LogP) is 2.14. The standard InChI is InChI=1S/C17H17N3O3/c1-12-5-4-9-18-17(12)19-15(21)11-20-13-6-2-3-7-14(13)23-10-8-16(20)22/h2-7,9H,8,10-11H2,1H3,(H,18,19,21). The molecule has 0 unspecified atom stereocenters. The fraction of sp³-hybridized carbons (Fsp3) is 0.235. The Morgan fingerprint density at radius 1 is 1.30 bits per heavy atom. The number of nitrogens with zero attached hydrogens (tertiary/aromatic N) is 2. The molecule has 0 atom stereocenters. The fourth-order valence-electron chi connectivity index (χ4n) is 2.42. The number of carbonyl (C=O) groups is 2. The van der Waals surface area contributed by atoms with Gasteiger partial charge in [0.1, 0.15) is 18.1 Å². The Morgan fingerprint density at radius 2 is 2.13 bits per heavy atom. The normalized spacial score (nSPS) is 13.8. The summed E-state index contributed by atoms with van der Waals surface area (Å²) < 4.78 is 5.56. The molecule has 1 aromatic heterocycles. The SMILES string of the molecule is Cc1cccnc1NC(=O)CN1C(=O)CCOc2ccccc21. The number of pyridine rings is 1. The van der Waals surface area contributed by atoms with E-state index in [4.69, 9.17) is 4.74 Å². The van der Waals surface area contributed by atoms with Gasteiger partial charge in [0.15, 0.2) is 0 Å². The molecule has 3 rings (SSSR count). The smallest absolute Gasteiger partial charge is 0.245 e. The van der Waals surface area contributed by atoms with Gasteiger partial charge in [-0.2, -0.15) is 0 Å². The van der Waals surface area contributed by atoms with Crippen LogP contribution in [0.1, 0.15) is 12.0 Å². The molecule has 0 aliphatic carbocycles. The third kappa shape index (κ3) is 3.31. The average molecular weight is 311 g/mol. The van der Waals surface area contributed by atoms with Crippen LogP contribution in [0.25, 0.3) is 0 Å². The summed E-state index contributed by atoms with van der Waals surface area (Å²) in [7, 11) is 0. The summed E-state index contributed by atoms with van der Waals surface area (Å²) in [5.74, 6) is 0.684. The minimum atomic E-state index is -0.295. The van der Waals surface area contributed by atoms with Gasteiger partial charge in [0.05, 0.1) is 18.7 Å². The van der Waals surface area contributed by atoms with Crippen LogP contribution in [-0.2, 0) is 9.59 Å². The van der Waals surface area contributed by atoms with E-state index in [1.54, 1.807) is 24.4 Å². The number of carbonyl (C=O) groups excluding carboxylic acids is 2. The number of hydrogen-bond acceptors (Lipinski definition) is 4. The largest absolute Gasteiger partial charge is 0.491 e. The van der Waals surface area contributed by atoms with Crippen molar-refractivity contribution in [1.82, 2.24) is 4.98 Å². The van der Waals surface area contributed by atoms with E-state index in [9.17, 15) is 9.59 Å². The van der Waals surface area contributed by atoms with Gasteiger partial charge in [-0.1, -0.05) is 18.2 Å². The van der Waals surface area contributed by atoms with E-state index in [1.807, 2.05) is 25.1 Å². The second kappa shape index (κ2) is 6.48. The van der Waals surface area contributed by atoms with E-state index in [0.29, 0.717) is 23.9 Å². The van der Waals surface area contributed by atoms with Gasteiger partial charge in [-0.25, -0.2) is 4.98 Å². The summed E-state index contributed by atoms with van der Waals surface area (Å²) in [6, 6.07) is 10.9. The van der Waals surface area contributed by atoms with E-state index in [1.165, 1.54) is 4.90 Å². The maximum absolute atomic E-state index is 12.3. The minimum Gasteiger partial charge on any atom is -0.491 e. The first-order valence-corrected chi connectivity index (χ1v) is 7.39. The number of anilines is 2. The van der Waals surface area contributed by atoms with Crippen molar-refractivity contribution in [1.29, 1.82) is 0 Å². The van der Waals surface area contributed by atoms with Crippen LogP contribution in [0.2, 0.25) is 0 Å². The molecule has 2 aromatic rings. The van der Waals surface area contributed by atoms with Crippen LogP contribution in [0.5, 0.6) is 5.75 Å². The predicted molar refractivity (Wildman–Crippen MR) is 86.5 cm³/mol. The number of amides is 2. The summed E-state index contributed by atoms with van der Waals surface area (Å²) in [5.41, 5.74) is 1.48. The first kappa shape index (κ1) is 15.0. The maximum Gasteiger partial charge on any atom is 0.245 e. The molecule has 1 aliphatic rings. The number of ether oxygens (including phenoxy) is 1. The lowest BCUT2D eigenvalue weighted by atomic mass is 10.2. The van der Waals surface area contributed by atoms with Crippen LogP contribution in [0.3, 0.4) is 0 Å². The molecule has 0 spiro atoms. The number of rotatable bonds is 3. The summed E-state index contributed by atoms with van der Waals surface area (Å²) in [6.07, 6.45) is 1.85. The van der Waals surface area contributed by atoms with Crippen LogP contribution in [0, 0.1) is 6.92 Å². The molecular weight excluding hydrogens is 294 g/mol. The van der Waals surface area contributed by atoms with Crippen molar-refractivity contribution in [2.75, 3.05) is 23.4 Å². The molecule has 2 heterocycles. The minimum absolute atomic E-state index is 0.0742. The highest BCUT2D eigenvalue weighted by Crippen LogP contribution is 2.30. The van der Waals surface area contributed by atoms with E-state index < -0.39 is 0 Å². The van der Waals surface area contributed by atoms with Crippen molar-refractivity contribution in [3.05, 3.63) is 48.2 Å². The van der Waals surface area contributed by atoms with Crippen LogP contribution in [0.4, 0.5) is 11.5 Å². The van der Waals surface area contributed by atoms with Gasteiger partial charge in [0, 0.05) is 6.20 Å². The van der Waals surface area contributed by atoms with Crippen LogP contribution in [-0.4, -0.2) is 29.9 Å². The molecule has 0 bridgehead atoms. The monoisotopic (exact) mass is 311 g/mol. The van der Waals surface area contributed by atoms with Gasteiger partial charge in [-0.3, -0.25) is 14.5 Å². The lowest BCUT2D eigenvalue weighted by Gasteiger charge is -2.21. The molecule has 6 heteroatoms. The Hall–Kier alpha value is -2.89. The van der Waals surface area contributed by atoms with Crippen LogP contribution in [0.15, 0.2) is 42.6 Å². The lowest BCUT2D eigenvalue weighted by Crippen LogP contribution is -2.37. The number of para-hydroxylation sites is 2. The van der Waals surface area contributed by atoms with E-state index >= 15 is 0 Å². The molecule has 1 aromatic carbocycles. The summed E-state index contributed by atoms with van der Waals surface area (Å²) in [6.45, 7) is 2.10. The van der Waals surface area contributed by atoms with Crippen LogP contribution >= 0.6 is 0 Å². The summed E-state index contributed by atoms with van der Waals surface area (Å²) in [4.78, 5) is 30.2. The zero-order valence-corrected chi connectivity index (χ0v) is 12.8. The molecule has 2 amide bonds. The molecule has 0 fully saturated rings. The number of fused-ring (bicyclic) bond motifs is 1. The topological polar surface area (TPSA) is 71.5 Å². The summed E-state index contributed by atoms with van der Waals surface area (Å²) in [5, 5.41) is 2.74. The number of hydrogen-bond donors (Lipinski definition) is 1. The van der Waals surface area contributed by atoms with Crippen molar-refractivity contribution in [3.8, 4) is 5.75 Å². The first-order chi connectivity index (χ1) is 11.1. The molecular formula is C17H17N3O3. The molecule has 0 radical (unpaired) electrons. The third-order valence-electron chi connectivity index (χ3n) is 3.60. The molecule has 23 heavy (non-hydrogen) atoms. The van der Waals surface area contributed by atoms with Crippen molar-refractivity contribution < 1.29 is 14.3 Å². The Kier molecular flexibility index (Phi) is 4.23. The molecule has 118 valence electrons. The van der Waals surface area contributed by atoms with Crippen molar-refractivity contribution in [3.63, 3.8) is 0 Å². The number of aryl methyl sites for hydroxylation is 1. The Bertz CT molecular complexity index is 745. The van der Waals surface area contributed by atoms with Gasteiger partial charge >= 0.3 is 0 Å². The van der Waals surface area contributed by atoms with Gasteiger partial charge in [-0.05, 0) is 30.7 Å². The van der Waals surface area contributed by atoms with Gasteiger partial charge < -0.3 is 10.1 Å². The zero-order chi connectivity index (χ0) is 16.2. The Labute approximate surface area is 134 Å². The molecule has 0 saturated carbocycles. The number of nitrogens with one attached hydrogen (secondary N) is 1. The lowest BCUT2D eigenvalue weighted by molar-refractivity contribution is -0.121. The molecule has 1 N–H and O–H groups in total. The molecule has 6 nitrogen and oxygen atoms in total. The zero-order valence-electron chi connectivity index (χ0n) is 12.8. The number of aromatic nitrogens is 1. The molecule has 1 aliphatic heterocycles. The maximum atomic E-state index is 12.3. The van der Waals surface area contributed by atoms with Gasteiger partial charge in [0.2, 0.25) is 11.8 Å². The second-order valence-electron chi connectivity index (χ2n) is 5.26. The van der Waals surface area contributed by atoms with E-state index in [-0.39, 0.29) is 24.8 Å². The van der Waals surface area contributed by atoms with Crippen molar-refractivity contribution >= 4 is 23.3 Å². The Morgan fingerprint density at radius 3 is 2.96 bits per heavy atom. The van der Waals surface area contributed by atoms with Crippen LogP contribution < -0.4 is 15.0 Å². The molecule has 0 saturated heterocycles. The highest BCUT2D eigenvalue weighted by Gasteiger charge is 2.25. The average Bonchev–Trinajstić information content (AvgIpc) is 2.70. The third-order valence-corrected chi connectivity index (χ3v) is 3.60. The fourth-order valence-corrected chi connectivity index (χ4v) is 2.42. The summed E-state index contributed by atoms with van der Waals surface area (Å²) >= 11 is 0. The van der Waals surface area contributed by atoms with Gasteiger partial charge in [-0.15, -0.1) is 0 Å².